The van der Waals surface area contributed by atoms with Crippen LogP contribution in [0.25, 0.3) is 0 Å². The second-order valence-electron chi connectivity index (χ2n) is 4.46. The summed E-state index contributed by atoms with van der Waals surface area (Å²) in [6.07, 6.45) is 1.06. The van der Waals surface area contributed by atoms with E-state index in [9.17, 15) is 9.69 Å². The van der Waals surface area contributed by atoms with Crippen LogP contribution in [-0.2, 0) is 9.32 Å². The molecule has 0 saturated carbocycles. The minimum Gasteiger partial charge on any atom is -0.614 e. The van der Waals surface area contributed by atoms with Crippen molar-refractivity contribution in [2.75, 3.05) is 10.6 Å². The highest BCUT2D eigenvalue weighted by atomic mass is 35.7. The number of hydrogen-bond donors (Lipinski definition) is 0. The average Bonchev–Trinajstić information content (AvgIpc) is 2.39. The molecule has 0 N–H and O–H groups in total. The number of nitrogens with zero attached hydrogens (tertiary/aromatic N) is 1. The lowest BCUT2D eigenvalue weighted by molar-refractivity contribution is -0.184. The van der Waals surface area contributed by atoms with Crippen LogP contribution in [0.2, 0.25) is 5.02 Å². The van der Waals surface area contributed by atoms with Crippen LogP contribution in [0.15, 0.2) is 35.6 Å². The number of alkyl halides is 1. The number of carbonyl (C=O) groups excluding carboxylic acids is 1. The Morgan fingerprint density at radius 1 is 1.33 bits per heavy atom. The summed E-state index contributed by atoms with van der Waals surface area (Å²) in [6, 6.07) is 6.31. The first-order chi connectivity index (χ1) is 9.86. The molecule has 0 spiro atoms. The Hall–Kier alpha value is -0.510. The highest BCUT2D eigenvalue weighted by molar-refractivity contribution is 7.91. The van der Waals surface area contributed by atoms with Gasteiger partial charge in [-0.05, 0) is 44.0 Å². The molecule has 21 heavy (non-hydrogen) atoms. The quantitative estimate of drug-likeness (QED) is 0.589. The second-order valence-corrected chi connectivity index (χ2v) is 8.04. The molecule has 1 aromatic rings. The lowest BCUT2D eigenvalue weighted by Gasteiger charge is -2.36. The van der Waals surface area contributed by atoms with E-state index >= 15 is 0 Å². The normalized spacial score (nSPS) is 22.5. The summed E-state index contributed by atoms with van der Waals surface area (Å²) in [7, 11) is -3.79. The molecule has 1 unspecified atom stereocenters. The third kappa shape index (κ3) is 3.64. The molecule has 0 saturated heterocycles. The highest BCUT2D eigenvalue weighted by Crippen LogP contribution is 2.65. The van der Waals surface area contributed by atoms with Crippen molar-refractivity contribution in [1.82, 2.24) is 0 Å². The number of amides is 1. The van der Waals surface area contributed by atoms with Crippen LogP contribution < -0.4 is 9.56 Å². The molecule has 0 aliphatic carbocycles. The predicted molar refractivity (Wildman–Crippen MR) is 85.5 cm³/mol. The van der Waals surface area contributed by atoms with Crippen molar-refractivity contribution in [1.29, 1.82) is 0 Å². The molecule has 1 aliphatic heterocycles. The zero-order valence-corrected chi connectivity index (χ0v) is 14.3. The van der Waals surface area contributed by atoms with Crippen LogP contribution in [0.1, 0.15) is 19.8 Å². The van der Waals surface area contributed by atoms with Crippen LogP contribution in [0.4, 0.5) is 5.69 Å². The molecule has 1 atom stereocenters. The van der Waals surface area contributed by atoms with Crippen molar-refractivity contribution in [3.05, 3.63) is 40.6 Å². The van der Waals surface area contributed by atoms with Crippen molar-refractivity contribution >= 4 is 53.3 Å². The first-order valence-electron chi connectivity index (χ1n) is 6.22. The molecule has 1 amide bonds. The zero-order valence-electron chi connectivity index (χ0n) is 11.2. The molecule has 0 radical (unpaired) electrons. The average molecular weight is 369 g/mol. The fraction of sp³-hybridized carbons (Fsp3) is 0.308. The molecular weight excluding hydrogens is 355 g/mol. The SMILES string of the molecule is CC1=C(CCCCl)C(=O)N(c2ccc(Cl)cc2)[P+]([O-])(Cl)O1. The topological polar surface area (TPSA) is 52.6 Å². The van der Waals surface area contributed by atoms with Crippen molar-refractivity contribution in [3.63, 3.8) is 0 Å². The lowest BCUT2D eigenvalue weighted by atomic mass is 10.1. The fourth-order valence-corrected chi connectivity index (χ4v) is 4.33. The lowest BCUT2D eigenvalue weighted by Crippen LogP contribution is -2.39. The summed E-state index contributed by atoms with van der Waals surface area (Å²) in [4.78, 5) is 25.0. The van der Waals surface area contributed by atoms with E-state index in [4.69, 9.17) is 39.0 Å². The van der Waals surface area contributed by atoms with Gasteiger partial charge in [-0.15, -0.1) is 16.3 Å². The van der Waals surface area contributed by atoms with Crippen LogP contribution in [0.5, 0.6) is 0 Å². The van der Waals surface area contributed by atoms with Gasteiger partial charge in [0.2, 0.25) is 0 Å². The van der Waals surface area contributed by atoms with E-state index in [0.29, 0.717) is 35.0 Å². The van der Waals surface area contributed by atoms with E-state index < -0.39 is 13.1 Å². The summed E-state index contributed by atoms with van der Waals surface area (Å²) in [5.41, 5.74) is 0.802. The van der Waals surface area contributed by atoms with Gasteiger partial charge in [-0.2, -0.15) is 0 Å². The summed E-state index contributed by atoms with van der Waals surface area (Å²) in [5, 5.41) is 0.502. The number of carbonyl (C=O) groups is 1. The monoisotopic (exact) mass is 367 g/mol. The Labute approximate surface area is 138 Å². The maximum atomic E-state index is 12.6. The van der Waals surface area contributed by atoms with Gasteiger partial charge in [-0.1, -0.05) is 11.6 Å². The first kappa shape index (κ1) is 16.9. The van der Waals surface area contributed by atoms with E-state index in [0.717, 1.165) is 4.67 Å². The van der Waals surface area contributed by atoms with E-state index in [1.54, 1.807) is 31.2 Å². The number of rotatable bonds is 4. The van der Waals surface area contributed by atoms with Crippen molar-refractivity contribution < 1.29 is 14.2 Å². The van der Waals surface area contributed by atoms with Gasteiger partial charge >= 0.3 is 7.22 Å². The maximum absolute atomic E-state index is 12.6. The molecule has 1 aromatic carbocycles. The van der Waals surface area contributed by atoms with Crippen molar-refractivity contribution in [2.45, 2.75) is 19.8 Å². The molecule has 1 heterocycles. The zero-order chi connectivity index (χ0) is 15.6. The van der Waals surface area contributed by atoms with Crippen LogP contribution >= 0.6 is 41.7 Å². The van der Waals surface area contributed by atoms with Crippen molar-refractivity contribution in [2.24, 2.45) is 0 Å². The second kappa shape index (κ2) is 6.72. The number of hydrogen-bond acceptors (Lipinski definition) is 3. The van der Waals surface area contributed by atoms with E-state index in [1.165, 1.54) is 0 Å². The van der Waals surface area contributed by atoms with Gasteiger partial charge in [0.05, 0.1) is 11.3 Å². The van der Waals surface area contributed by atoms with Gasteiger partial charge in [0.15, 0.2) is 17.0 Å². The molecule has 8 heteroatoms. The smallest absolute Gasteiger partial charge is 0.356 e. The predicted octanol–water partition coefficient (Wildman–Crippen LogP) is 4.27. The third-order valence-corrected chi connectivity index (χ3v) is 5.56. The van der Waals surface area contributed by atoms with Gasteiger partial charge < -0.3 is 9.42 Å². The summed E-state index contributed by atoms with van der Waals surface area (Å²) >= 11 is 17.4. The Bertz CT molecular complexity index is 575. The molecule has 1 aliphatic rings. The Morgan fingerprint density at radius 2 is 1.95 bits per heavy atom. The standard InChI is InChI=1S/C13H13Cl3NO3P/c1-9-12(3-2-8-14)13(18)17(21(16,19)20-9)11-6-4-10(15)5-7-11/h4-7H,2-3,8H2,1H3. The number of allylic oxidation sites excluding steroid dienone is 1. The van der Waals surface area contributed by atoms with E-state index in [-0.39, 0.29) is 5.76 Å². The minimum atomic E-state index is -3.79. The van der Waals surface area contributed by atoms with Gasteiger partial charge in [0.25, 0.3) is 5.91 Å². The van der Waals surface area contributed by atoms with Crippen LogP contribution in [0, 0.1) is 0 Å². The third-order valence-electron chi connectivity index (χ3n) is 3.00. The fourth-order valence-electron chi connectivity index (χ4n) is 2.02. The summed E-state index contributed by atoms with van der Waals surface area (Å²) in [6.45, 7) is 1.58. The molecule has 2 rings (SSSR count). The Morgan fingerprint density at radius 3 is 2.52 bits per heavy atom. The summed E-state index contributed by atoms with van der Waals surface area (Å²) < 4.78 is 6.27. The highest BCUT2D eigenvalue weighted by Gasteiger charge is 2.48. The Kier molecular flexibility index (Phi) is 5.39. The minimum absolute atomic E-state index is 0.286. The molecule has 4 nitrogen and oxygen atoms in total. The maximum Gasteiger partial charge on any atom is 0.356 e. The summed E-state index contributed by atoms with van der Waals surface area (Å²) in [5.74, 6) is 0.280. The molecule has 0 bridgehead atoms. The van der Waals surface area contributed by atoms with E-state index in [2.05, 4.69) is 0 Å². The molecular formula is C13H13Cl3NO3P. The number of halogens is 3. The largest absolute Gasteiger partial charge is 0.614 e. The van der Waals surface area contributed by atoms with Gasteiger partial charge in [-0.25, -0.2) is 0 Å². The van der Waals surface area contributed by atoms with Gasteiger partial charge in [0, 0.05) is 10.9 Å². The molecule has 0 aromatic heterocycles. The van der Waals surface area contributed by atoms with Crippen LogP contribution in [0.3, 0.4) is 0 Å². The Balaban J connectivity index is 2.40. The van der Waals surface area contributed by atoms with Gasteiger partial charge in [-0.3, -0.25) is 4.79 Å². The number of benzene rings is 1. The van der Waals surface area contributed by atoms with Crippen LogP contribution in [-0.4, -0.2) is 11.8 Å². The van der Waals surface area contributed by atoms with E-state index in [1.807, 2.05) is 0 Å². The number of anilines is 1. The van der Waals surface area contributed by atoms with Crippen molar-refractivity contribution in [3.8, 4) is 0 Å². The first-order valence-corrected chi connectivity index (χ1v) is 9.62. The van der Waals surface area contributed by atoms with Gasteiger partial charge in [0.1, 0.15) is 0 Å². The molecule has 0 fully saturated rings. The molecule has 114 valence electrons.